The van der Waals surface area contributed by atoms with Crippen molar-refractivity contribution in [1.82, 2.24) is 30.0 Å². The third-order valence-corrected chi connectivity index (χ3v) is 4.80. The zero-order valence-electron chi connectivity index (χ0n) is 15.9. The highest BCUT2D eigenvalue weighted by Crippen LogP contribution is 2.24. The van der Waals surface area contributed by atoms with Crippen molar-refractivity contribution in [3.63, 3.8) is 0 Å². The Bertz CT molecular complexity index is 958. The molecule has 1 aromatic carbocycles. The van der Waals surface area contributed by atoms with E-state index < -0.39 is 0 Å². The molecule has 1 aliphatic rings. The van der Waals surface area contributed by atoms with Gasteiger partial charge < -0.3 is 14.2 Å². The highest BCUT2D eigenvalue weighted by Gasteiger charge is 2.25. The maximum atomic E-state index is 12.4. The van der Waals surface area contributed by atoms with Gasteiger partial charge in [-0.25, -0.2) is 4.68 Å². The number of aromatic nitrogens is 5. The molecule has 0 spiro atoms. The molecule has 1 amide bonds. The standard InChI is InChI=1S/C19H22N6O3/c1-13-4-3-5-16(10-13)27-12-18(26)24-8-6-15(7-9-24)25-11-17(21-23-25)19-20-14(2)22-28-19/h3-5,10-11,15H,6-9,12H2,1-2H3. The van der Waals surface area contributed by atoms with Crippen LogP contribution in [0.4, 0.5) is 0 Å². The Morgan fingerprint density at radius 1 is 1.29 bits per heavy atom. The van der Waals surface area contributed by atoms with Gasteiger partial charge in [0, 0.05) is 13.1 Å². The fraction of sp³-hybridized carbons (Fsp3) is 0.421. The summed E-state index contributed by atoms with van der Waals surface area (Å²) in [7, 11) is 0. The number of rotatable bonds is 5. The molecule has 0 unspecified atom stereocenters. The monoisotopic (exact) mass is 382 g/mol. The van der Waals surface area contributed by atoms with Crippen LogP contribution >= 0.6 is 0 Å². The van der Waals surface area contributed by atoms with E-state index in [0.717, 1.165) is 24.2 Å². The van der Waals surface area contributed by atoms with Crippen molar-refractivity contribution in [2.24, 2.45) is 0 Å². The van der Waals surface area contributed by atoms with Crippen LogP contribution in [0.1, 0.15) is 30.3 Å². The molecule has 9 heteroatoms. The Hall–Kier alpha value is -3.23. The van der Waals surface area contributed by atoms with E-state index in [4.69, 9.17) is 9.26 Å². The van der Waals surface area contributed by atoms with Gasteiger partial charge in [-0.05, 0) is 44.4 Å². The van der Waals surface area contributed by atoms with Gasteiger partial charge in [0.1, 0.15) is 5.75 Å². The number of benzene rings is 1. The molecule has 146 valence electrons. The summed E-state index contributed by atoms with van der Waals surface area (Å²) in [5, 5.41) is 12.1. The molecule has 1 aliphatic heterocycles. The number of ether oxygens (including phenoxy) is 1. The maximum Gasteiger partial charge on any atom is 0.280 e. The number of hydrogen-bond acceptors (Lipinski definition) is 7. The first kappa shape index (κ1) is 18.1. The summed E-state index contributed by atoms with van der Waals surface area (Å²) in [6, 6.07) is 7.89. The number of aryl methyl sites for hydroxylation is 2. The van der Waals surface area contributed by atoms with Crippen molar-refractivity contribution >= 4 is 5.91 Å². The number of piperidine rings is 1. The first-order valence-electron chi connectivity index (χ1n) is 9.28. The van der Waals surface area contributed by atoms with Crippen molar-refractivity contribution in [2.75, 3.05) is 19.7 Å². The molecule has 0 bridgehead atoms. The largest absolute Gasteiger partial charge is 0.484 e. The van der Waals surface area contributed by atoms with E-state index in [1.165, 1.54) is 0 Å². The Morgan fingerprint density at radius 2 is 2.11 bits per heavy atom. The summed E-state index contributed by atoms with van der Waals surface area (Å²) in [4.78, 5) is 18.4. The van der Waals surface area contributed by atoms with Crippen LogP contribution in [0.3, 0.4) is 0 Å². The van der Waals surface area contributed by atoms with Crippen LogP contribution in [-0.2, 0) is 4.79 Å². The fourth-order valence-electron chi connectivity index (χ4n) is 3.28. The van der Waals surface area contributed by atoms with Crippen molar-refractivity contribution in [3.05, 3.63) is 41.9 Å². The van der Waals surface area contributed by atoms with Gasteiger partial charge in [0.25, 0.3) is 11.8 Å². The van der Waals surface area contributed by atoms with Crippen LogP contribution in [0.15, 0.2) is 35.0 Å². The quantitative estimate of drug-likeness (QED) is 0.667. The van der Waals surface area contributed by atoms with Gasteiger partial charge in [0.15, 0.2) is 18.1 Å². The van der Waals surface area contributed by atoms with Crippen molar-refractivity contribution in [1.29, 1.82) is 0 Å². The first-order valence-corrected chi connectivity index (χ1v) is 9.28. The van der Waals surface area contributed by atoms with Crippen LogP contribution in [0.5, 0.6) is 5.75 Å². The first-order chi connectivity index (χ1) is 13.6. The molecule has 0 aliphatic carbocycles. The summed E-state index contributed by atoms with van der Waals surface area (Å²) in [6.45, 7) is 5.13. The second kappa shape index (κ2) is 7.79. The van der Waals surface area contributed by atoms with Crippen molar-refractivity contribution in [2.45, 2.75) is 32.7 Å². The predicted molar refractivity (Wildman–Crippen MR) is 99.6 cm³/mol. The minimum absolute atomic E-state index is 0.000528. The lowest BCUT2D eigenvalue weighted by Gasteiger charge is -2.31. The molecular formula is C19H22N6O3. The van der Waals surface area contributed by atoms with E-state index in [1.807, 2.05) is 47.0 Å². The molecule has 9 nitrogen and oxygen atoms in total. The molecule has 1 fully saturated rings. The van der Waals surface area contributed by atoms with Crippen LogP contribution in [0.2, 0.25) is 0 Å². The van der Waals surface area contributed by atoms with Gasteiger partial charge in [-0.1, -0.05) is 22.5 Å². The molecule has 28 heavy (non-hydrogen) atoms. The maximum absolute atomic E-state index is 12.4. The van der Waals surface area contributed by atoms with E-state index in [1.54, 1.807) is 6.92 Å². The Morgan fingerprint density at radius 3 is 2.82 bits per heavy atom. The van der Waals surface area contributed by atoms with Gasteiger partial charge in [0.05, 0.1) is 12.2 Å². The molecule has 2 aromatic heterocycles. The van der Waals surface area contributed by atoms with Crippen LogP contribution in [0, 0.1) is 13.8 Å². The summed E-state index contributed by atoms with van der Waals surface area (Å²) in [5.41, 5.74) is 1.67. The number of carbonyl (C=O) groups excluding carboxylic acids is 1. The summed E-state index contributed by atoms with van der Waals surface area (Å²) >= 11 is 0. The van der Waals surface area contributed by atoms with E-state index in [0.29, 0.717) is 30.5 Å². The Balaban J connectivity index is 1.29. The molecule has 0 N–H and O–H groups in total. The zero-order chi connectivity index (χ0) is 19.5. The Kier molecular flexibility index (Phi) is 5.05. The molecular weight excluding hydrogens is 360 g/mol. The molecule has 0 radical (unpaired) electrons. The molecule has 1 saturated heterocycles. The molecule has 3 aromatic rings. The molecule has 0 atom stereocenters. The lowest BCUT2D eigenvalue weighted by molar-refractivity contribution is -0.134. The topological polar surface area (TPSA) is 99.2 Å². The normalized spacial score (nSPS) is 15.0. The zero-order valence-corrected chi connectivity index (χ0v) is 15.9. The van der Waals surface area contributed by atoms with E-state index in [9.17, 15) is 4.79 Å². The second-order valence-electron chi connectivity index (χ2n) is 6.95. The number of carbonyl (C=O) groups is 1. The second-order valence-corrected chi connectivity index (χ2v) is 6.95. The van der Waals surface area contributed by atoms with Gasteiger partial charge in [0.2, 0.25) is 0 Å². The summed E-state index contributed by atoms with van der Waals surface area (Å²) in [6.07, 6.45) is 3.43. The highest BCUT2D eigenvalue weighted by molar-refractivity contribution is 5.77. The van der Waals surface area contributed by atoms with Gasteiger partial charge in [-0.3, -0.25) is 4.79 Å². The van der Waals surface area contributed by atoms with Gasteiger partial charge in [-0.2, -0.15) is 4.98 Å². The average molecular weight is 382 g/mol. The van der Waals surface area contributed by atoms with E-state index in [-0.39, 0.29) is 18.6 Å². The number of amides is 1. The van der Waals surface area contributed by atoms with Crippen LogP contribution < -0.4 is 4.74 Å². The number of likely N-dealkylation sites (tertiary alicyclic amines) is 1. The molecule has 0 saturated carbocycles. The van der Waals surface area contributed by atoms with Gasteiger partial charge in [-0.15, -0.1) is 5.10 Å². The van der Waals surface area contributed by atoms with Gasteiger partial charge >= 0.3 is 0 Å². The van der Waals surface area contributed by atoms with Crippen LogP contribution in [-0.4, -0.2) is 55.6 Å². The fourth-order valence-corrected chi connectivity index (χ4v) is 3.28. The minimum atomic E-state index is 0.000528. The molecule has 4 rings (SSSR count). The van der Waals surface area contributed by atoms with Crippen molar-refractivity contribution in [3.8, 4) is 17.3 Å². The van der Waals surface area contributed by atoms with Crippen molar-refractivity contribution < 1.29 is 14.1 Å². The lowest BCUT2D eigenvalue weighted by atomic mass is 10.1. The average Bonchev–Trinajstić information content (AvgIpc) is 3.35. The summed E-state index contributed by atoms with van der Waals surface area (Å²) in [5.74, 6) is 1.64. The highest BCUT2D eigenvalue weighted by atomic mass is 16.5. The number of nitrogens with zero attached hydrogens (tertiary/aromatic N) is 6. The lowest BCUT2D eigenvalue weighted by Crippen LogP contribution is -2.41. The minimum Gasteiger partial charge on any atom is -0.484 e. The SMILES string of the molecule is Cc1cccc(OCC(=O)N2CCC(n3cc(-c4nc(C)no4)nn3)CC2)c1. The Labute approximate surface area is 162 Å². The van der Waals surface area contributed by atoms with E-state index >= 15 is 0 Å². The predicted octanol–water partition coefficient (Wildman–Crippen LogP) is 2.19. The third kappa shape index (κ3) is 4.03. The summed E-state index contributed by atoms with van der Waals surface area (Å²) < 4.78 is 12.6. The number of hydrogen-bond donors (Lipinski definition) is 0. The third-order valence-electron chi connectivity index (χ3n) is 4.80. The van der Waals surface area contributed by atoms with Crippen LogP contribution in [0.25, 0.3) is 11.6 Å². The van der Waals surface area contributed by atoms with E-state index in [2.05, 4.69) is 20.5 Å². The smallest absolute Gasteiger partial charge is 0.280 e. The molecule has 3 heterocycles.